The zero-order valence-electron chi connectivity index (χ0n) is 12.3. The summed E-state index contributed by atoms with van der Waals surface area (Å²) in [5.74, 6) is -0.407. The van der Waals surface area contributed by atoms with Crippen LogP contribution < -0.4 is 0 Å². The van der Waals surface area contributed by atoms with Gasteiger partial charge in [0.05, 0.1) is 5.71 Å². The Labute approximate surface area is 130 Å². The van der Waals surface area contributed by atoms with Crippen LogP contribution in [0.5, 0.6) is 0 Å². The standard InChI is InChI=1S/C10H11NO2.C7H7Cl/c1-8(11-13-9(2)12)10-6-4-3-5-7-10;1-6-3-2-4-7(8)5-6/h3-7H,1-2H3;2-5H,1H3/b11-8+;. The van der Waals surface area contributed by atoms with E-state index in [0.717, 1.165) is 10.6 Å². The van der Waals surface area contributed by atoms with Gasteiger partial charge in [0.2, 0.25) is 0 Å². The second-order valence-electron chi connectivity index (χ2n) is 4.42. The zero-order chi connectivity index (χ0) is 15.7. The highest BCUT2D eigenvalue weighted by molar-refractivity contribution is 6.30. The van der Waals surface area contributed by atoms with Crippen LogP contribution in [-0.2, 0) is 9.63 Å². The molecule has 0 aliphatic carbocycles. The summed E-state index contributed by atoms with van der Waals surface area (Å²) in [4.78, 5) is 15.0. The second-order valence-corrected chi connectivity index (χ2v) is 4.86. The van der Waals surface area contributed by atoms with Gasteiger partial charge >= 0.3 is 5.97 Å². The number of oxime groups is 1. The van der Waals surface area contributed by atoms with E-state index in [4.69, 9.17) is 11.6 Å². The lowest BCUT2D eigenvalue weighted by molar-refractivity contribution is -0.140. The van der Waals surface area contributed by atoms with Gasteiger partial charge in [-0.3, -0.25) is 0 Å². The Morgan fingerprint density at radius 1 is 1.05 bits per heavy atom. The molecule has 0 radical (unpaired) electrons. The van der Waals surface area contributed by atoms with Crippen molar-refractivity contribution in [1.29, 1.82) is 0 Å². The van der Waals surface area contributed by atoms with E-state index in [9.17, 15) is 4.79 Å². The average Bonchev–Trinajstić information content (AvgIpc) is 2.46. The minimum absolute atomic E-state index is 0.407. The van der Waals surface area contributed by atoms with Crippen LogP contribution in [0.1, 0.15) is 25.0 Å². The van der Waals surface area contributed by atoms with Gasteiger partial charge in [0.1, 0.15) is 0 Å². The Hall–Kier alpha value is -2.13. The summed E-state index contributed by atoms with van der Waals surface area (Å²) in [5.41, 5.74) is 2.84. The summed E-state index contributed by atoms with van der Waals surface area (Å²) in [6.07, 6.45) is 0. The Balaban J connectivity index is 0.000000235. The molecule has 0 aliphatic heterocycles. The lowest BCUT2D eigenvalue weighted by Gasteiger charge is -1.98. The first kappa shape index (κ1) is 16.9. The molecule has 4 heteroatoms. The molecule has 0 atom stereocenters. The average molecular weight is 304 g/mol. The number of benzene rings is 2. The van der Waals surface area contributed by atoms with Gasteiger partial charge in [-0.15, -0.1) is 0 Å². The molecule has 2 aromatic carbocycles. The highest BCUT2D eigenvalue weighted by Crippen LogP contribution is 2.08. The van der Waals surface area contributed by atoms with E-state index in [0.29, 0.717) is 5.71 Å². The molecule has 0 heterocycles. The molecule has 0 amide bonds. The first-order valence-corrected chi connectivity index (χ1v) is 6.86. The summed E-state index contributed by atoms with van der Waals surface area (Å²) in [7, 11) is 0. The van der Waals surface area contributed by atoms with Crippen LogP contribution in [0.15, 0.2) is 59.8 Å². The van der Waals surface area contributed by atoms with Crippen molar-refractivity contribution in [3.05, 3.63) is 70.7 Å². The maximum atomic E-state index is 10.5. The third-order valence-corrected chi connectivity index (χ3v) is 2.72. The molecular weight excluding hydrogens is 286 g/mol. The van der Waals surface area contributed by atoms with E-state index in [1.54, 1.807) is 6.92 Å². The maximum absolute atomic E-state index is 10.5. The van der Waals surface area contributed by atoms with E-state index < -0.39 is 5.97 Å². The van der Waals surface area contributed by atoms with Crippen LogP contribution in [-0.4, -0.2) is 11.7 Å². The number of aryl methyl sites for hydroxylation is 1. The van der Waals surface area contributed by atoms with Gasteiger partial charge in [0, 0.05) is 11.9 Å². The molecule has 0 spiro atoms. The number of hydrogen-bond donors (Lipinski definition) is 0. The minimum atomic E-state index is -0.407. The molecule has 3 nitrogen and oxygen atoms in total. The Morgan fingerprint density at radius 3 is 2.19 bits per heavy atom. The summed E-state index contributed by atoms with van der Waals surface area (Å²) < 4.78 is 0. The fourth-order valence-corrected chi connectivity index (χ4v) is 1.72. The predicted octanol–water partition coefficient (Wildman–Crippen LogP) is 4.62. The molecule has 2 rings (SSSR count). The van der Waals surface area contributed by atoms with Gasteiger partial charge in [-0.05, 0) is 37.1 Å². The van der Waals surface area contributed by atoms with Crippen molar-refractivity contribution in [2.45, 2.75) is 20.8 Å². The van der Waals surface area contributed by atoms with Gasteiger partial charge < -0.3 is 4.84 Å². The van der Waals surface area contributed by atoms with E-state index >= 15 is 0 Å². The minimum Gasteiger partial charge on any atom is -0.318 e. The fourth-order valence-electron chi connectivity index (χ4n) is 1.47. The number of hydrogen-bond acceptors (Lipinski definition) is 3. The van der Waals surface area contributed by atoms with E-state index in [2.05, 4.69) is 9.99 Å². The highest BCUT2D eigenvalue weighted by atomic mass is 35.5. The van der Waals surface area contributed by atoms with E-state index in [1.165, 1.54) is 12.5 Å². The quantitative estimate of drug-likeness (QED) is 0.461. The lowest BCUT2D eigenvalue weighted by Crippen LogP contribution is -1.98. The molecule has 0 aliphatic rings. The predicted molar refractivity (Wildman–Crippen MR) is 86.6 cm³/mol. The van der Waals surface area contributed by atoms with Crippen molar-refractivity contribution in [3.8, 4) is 0 Å². The summed E-state index contributed by atoms with van der Waals surface area (Å²) in [6, 6.07) is 17.3. The molecule has 0 N–H and O–H groups in total. The topological polar surface area (TPSA) is 38.7 Å². The van der Waals surface area contributed by atoms with Crippen LogP contribution in [0.4, 0.5) is 0 Å². The van der Waals surface area contributed by atoms with E-state index in [1.807, 2.05) is 61.5 Å². The summed E-state index contributed by atoms with van der Waals surface area (Å²) in [5, 5.41) is 4.47. The molecule has 0 fully saturated rings. The van der Waals surface area contributed by atoms with Crippen molar-refractivity contribution in [2.75, 3.05) is 0 Å². The summed E-state index contributed by atoms with van der Waals surface area (Å²) >= 11 is 5.64. The van der Waals surface area contributed by atoms with Gasteiger partial charge in [-0.1, -0.05) is 59.2 Å². The molecule has 2 aromatic rings. The van der Waals surface area contributed by atoms with Gasteiger partial charge in [0.25, 0.3) is 0 Å². The first-order valence-electron chi connectivity index (χ1n) is 6.49. The van der Waals surface area contributed by atoms with Gasteiger partial charge in [-0.2, -0.15) is 0 Å². The van der Waals surface area contributed by atoms with Crippen molar-refractivity contribution >= 4 is 23.3 Å². The number of nitrogens with zero attached hydrogens (tertiary/aromatic N) is 1. The van der Waals surface area contributed by atoms with Crippen LogP contribution >= 0.6 is 11.6 Å². The Morgan fingerprint density at radius 2 is 1.71 bits per heavy atom. The maximum Gasteiger partial charge on any atom is 0.331 e. The molecule has 0 bridgehead atoms. The molecule has 0 aromatic heterocycles. The molecule has 110 valence electrons. The Kier molecular flexibility index (Phi) is 7.19. The third kappa shape index (κ3) is 7.28. The zero-order valence-corrected chi connectivity index (χ0v) is 13.1. The second kappa shape index (κ2) is 8.93. The normalized spacial score (nSPS) is 10.4. The number of carbonyl (C=O) groups excluding carboxylic acids is 1. The van der Waals surface area contributed by atoms with Crippen molar-refractivity contribution in [3.63, 3.8) is 0 Å². The highest BCUT2D eigenvalue weighted by Gasteiger charge is 1.96. The van der Waals surface area contributed by atoms with Gasteiger partial charge in [0.15, 0.2) is 0 Å². The third-order valence-electron chi connectivity index (χ3n) is 2.48. The fraction of sp³-hybridized carbons (Fsp3) is 0.176. The SMILES string of the molecule is CC(=O)O/N=C(\C)c1ccccc1.Cc1cccc(Cl)c1. The summed E-state index contributed by atoms with van der Waals surface area (Å²) in [6.45, 7) is 5.13. The van der Waals surface area contributed by atoms with Crippen molar-refractivity contribution in [1.82, 2.24) is 0 Å². The molecule has 0 saturated heterocycles. The van der Waals surface area contributed by atoms with Crippen LogP contribution in [0.3, 0.4) is 0 Å². The van der Waals surface area contributed by atoms with Gasteiger partial charge in [-0.25, -0.2) is 4.79 Å². The van der Waals surface area contributed by atoms with E-state index in [-0.39, 0.29) is 0 Å². The number of rotatable bonds is 2. The monoisotopic (exact) mass is 303 g/mol. The Bertz CT molecular complexity index is 592. The molecule has 0 unspecified atom stereocenters. The van der Waals surface area contributed by atoms with Crippen molar-refractivity contribution < 1.29 is 9.63 Å². The van der Waals surface area contributed by atoms with Crippen molar-refractivity contribution in [2.24, 2.45) is 5.16 Å². The van der Waals surface area contributed by atoms with Crippen LogP contribution in [0.2, 0.25) is 5.02 Å². The smallest absolute Gasteiger partial charge is 0.318 e. The number of halogens is 1. The lowest BCUT2D eigenvalue weighted by atomic mass is 10.1. The van der Waals surface area contributed by atoms with Crippen LogP contribution in [0, 0.1) is 6.92 Å². The van der Waals surface area contributed by atoms with Crippen LogP contribution in [0.25, 0.3) is 0 Å². The molecular formula is C17H18ClNO2. The molecule has 0 saturated carbocycles. The number of carbonyl (C=O) groups is 1. The molecule has 21 heavy (non-hydrogen) atoms. The largest absolute Gasteiger partial charge is 0.331 e. The first-order chi connectivity index (χ1) is 9.99.